The Morgan fingerprint density at radius 1 is 1.32 bits per heavy atom. The van der Waals surface area contributed by atoms with Crippen molar-refractivity contribution in [1.29, 1.82) is 0 Å². The zero-order valence-electron chi connectivity index (χ0n) is 10.8. The SMILES string of the molecule is CCOc1ccc(Nc2cc(C)nc(N)n2)cc1F. The Labute approximate surface area is 110 Å². The van der Waals surface area contributed by atoms with Gasteiger partial charge in [-0.2, -0.15) is 4.98 Å². The fourth-order valence-corrected chi connectivity index (χ4v) is 1.65. The minimum atomic E-state index is -0.425. The zero-order chi connectivity index (χ0) is 13.8. The molecule has 0 bridgehead atoms. The minimum Gasteiger partial charge on any atom is -0.491 e. The van der Waals surface area contributed by atoms with Crippen molar-refractivity contribution in [2.75, 3.05) is 17.7 Å². The Balaban J connectivity index is 2.21. The number of anilines is 3. The molecular weight excluding hydrogens is 247 g/mol. The molecule has 6 heteroatoms. The highest BCUT2D eigenvalue weighted by molar-refractivity contribution is 5.58. The fraction of sp³-hybridized carbons (Fsp3) is 0.231. The van der Waals surface area contributed by atoms with Crippen molar-refractivity contribution in [3.63, 3.8) is 0 Å². The van der Waals surface area contributed by atoms with Crippen LogP contribution in [0, 0.1) is 12.7 Å². The third kappa shape index (κ3) is 3.31. The van der Waals surface area contributed by atoms with Gasteiger partial charge < -0.3 is 15.8 Å². The molecule has 0 fully saturated rings. The largest absolute Gasteiger partial charge is 0.491 e. The van der Waals surface area contributed by atoms with E-state index in [1.807, 2.05) is 6.92 Å². The van der Waals surface area contributed by atoms with Gasteiger partial charge in [0.25, 0.3) is 0 Å². The minimum absolute atomic E-state index is 0.175. The lowest BCUT2D eigenvalue weighted by molar-refractivity contribution is 0.321. The summed E-state index contributed by atoms with van der Waals surface area (Å²) >= 11 is 0. The molecule has 2 aromatic rings. The first-order valence-electron chi connectivity index (χ1n) is 5.89. The predicted octanol–water partition coefficient (Wildman–Crippen LogP) is 2.65. The number of aromatic nitrogens is 2. The molecule has 0 aliphatic rings. The number of nitrogens with two attached hydrogens (primary N) is 1. The molecule has 1 heterocycles. The quantitative estimate of drug-likeness (QED) is 0.886. The van der Waals surface area contributed by atoms with Gasteiger partial charge in [-0.3, -0.25) is 0 Å². The molecule has 0 aliphatic carbocycles. The lowest BCUT2D eigenvalue weighted by atomic mass is 10.3. The first kappa shape index (κ1) is 13.1. The second-order valence-electron chi connectivity index (χ2n) is 3.96. The number of nitrogens with one attached hydrogen (secondary N) is 1. The molecule has 0 saturated carbocycles. The molecule has 0 aliphatic heterocycles. The van der Waals surface area contributed by atoms with Crippen LogP contribution in [0.2, 0.25) is 0 Å². The van der Waals surface area contributed by atoms with Crippen LogP contribution in [0.1, 0.15) is 12.6 Å². The van der Waals surface area contributed by atoms with Crippen molar-refractivity contribution in [3.05, 3.63) is 35.8 Å². The van der Waals surface area contributed by atoms with E-state index in [1.54, 1.807) is 25.1 Å². The van der Waals surface area contributed by atoms with Crippen molar-refractivity contribution in [2.24, 2.45) is 0 Å². The molecule has 0 amide bonds. The smallest absolute Gasteiger partial charge is 0.222 e. The van der Waals surface area contributed by atoms with E-state index in [-0.39, 0.29) is 11.7 Å². The van der Waals surface area contributed by atoms with Crippen LogP contribution in [-0.4, -0.2) is 16.6 Å². The summed E-state index contributed by atoms with van der Waals surface area (Å²) in [6.45, 7) is 4.03. The van der Waals surface area contributed by atoms with Crippen LogP contribution >= 0.6 is 0 Å². The summed E-state index contributed by atoms with van der Waals surface area (Å²) in [6, 6.07) is 6.35. The lowest BCUT2D eigenvalue weighted by Gasteiger charge is -2.09. The summed E-state index contributed by atoms with van der Waals surface area (Å²) in [7, 11) is 0. The van der Waals surface area contributed by atoms with Gasteiger partial charge in [0.15, 0.2) is 11.6 Å². The van der Waals surface area contributed by atoms with Gasteiger partial charge in [-0.1, -0.05) is 0 Å². The van der Waals surface area contributed by atoms with Crippen LogP contribution in [0.3, 0.4) is 0 Å². The van der Waals surface area contributed by atoms with Crippen molar-refractivity contribution in [2.45, 2.75) is 13.8 Å². The molecule has 0 atom stereocenters. The van der Waals surface area contributed by atoms with Crippen molar-refractivity contribution in [1.82, 2.24) is 9.97 Å². The summed E-state index contributed by atoms with van der Waals surface area (Å²) in [4.78, 5) is 7.98. The molecule has 2 rings (SSSR count). The van der Waals surface area contributed by atoms with Crippen molar-refractivity contribution in [3.8, 4) is 5.75 Å². The third-order valence-electron chi connectivity index (χ3n) is 2.38. The highest BCUT2D eigenvalue weighted by atomic mass is 19.1. The first-order valence-corrected chi connectivity index (χ1v) is 5.89. The maximum absolute atomic E-state index is 13.7. The van der Waals surface area contributed by atoms with E-state index in [9.17, 15) is 4.39 Å². The normalized spacial score (nSPS) is 10.3. The molecule has 100 valence electrons. The standard InChI is InChI=1S/C13H15FN4O/c1-3-19-11-5-4-9(7-10(11)14)17-12-6-8(2)16-13(15)18-12/h4-7H,3H2,1-2H3,(H3,15,16,17,18). The number of halogens is 1. The summed E-state index contributed by atoms with van der Waals surface area (Å²) in [5.41, 5.74) is 6.86. The summed E-state index contributed by atoms with van der Waals surface area (Å²) < 4.78 is 18.8. The summed E-state index contributed by atoms with van der Waals surface area (Å²) in [5.74, 6) is 0.500. The van der Waals surface area contributed by atoms with Gasteiger partial charge in [0.2, 0.25) is 5.95 Å². The van der Waals surface area contributed by atoms with Crippen LogP contribution < -0.4 is 15.8 Å². The van der Waals surface area contributed by atoms with E-state index in [0.717, 1.165) is 5.69 Å². The highest BCUT2D eigenvalue weighted by Gasteiger charge is 2.05. The number of benzene rings is 1. The number of hydrogen-bond acceptors (Lipinski definition) is 5. The predicted molar refractivity (Wildman–Crippen MR) is 72.0 cm³/mol. The maximum Gasteiger partial charge on any atom is 0.222 e. The van der Waals surface area contributed by atoms with E-state index in [0.29, 0.717) is 18.1 Å². The Hall–Kier alpha value is -2.37. The highest BCUT2D eigenvalue weighted by Crippen LogP contribution is 2.23. The van der Waals surface area contributed by atoms with Crippen LogP contribution in [0.4, 0.5) is 21.8 Å². The Morgan fingerprint density at radius 2 is 2.11 bits per heavy atom. The molecule has 0 spiro atoms. The van der Waals surface area contributed by atoms with Crippen LogP contribution in [0.25, 0.3) is 0 Å². The van der Waals surface area contributed by atoms with Gasteiger partial charge in [0.1, 0.15) is 5.82 Å². The summed E-state index contributed by atoms with van der Waals surface area (Å²) in [6.07, 6.45) is 0. The number of ether oxygens (including phenoxy) is 1. The van der Waals surface area contributed by atoms with Gasteiger partial charge in [0, 0.05) is 23.5 Å². The molecule has 3 N–H and O–H groups in total. The second kappa shape index (κ2) is 5.51. The molecule has 0 unspecified atom stereocenters. The van der Waals surface area contributed by atoms with Crippen molar-refractivity contribution < 1.29 is 9.13 Å². The molecule has 1 aromatic carbocycles. The molecule has 1 aromatic heterocycles. The number of aryl methyl sites for hydroxylation is 1. The molecule has 5 nitrogen and oxygen atoms in total. The monoisotopic (exact) mass is 262 g/mol. The fourth-order valence-electron chi connectivity index (χ4n) is 1.65. The second-order valence-corrected chi connectivity index (χ2v) is 3.96. The number of hydrogen-bond donors (Lipinski definition) is 2. The van der Waals surface area contributed by atoms with Gasteiger partial charge in [0.05, 0.1) is 6.61 Å². The first-order chi connectivity index (χ1) is 9.08. The van der Waals surface area contributed by atoms with Gasteiger partial charge in [-0.05, 0) is 26.0 Å². The zero-order valence-corrected chi connectivity index (χ0v) is 10.8. The maximum atomic E-state index is 13.7. The number of rotatable bonds is 4. The number of nitrogens with zero attached hydrogens (tertiary/aromatic N) is 2. The van der Waals surface area contributed by atoms with E-state index < -0.39 is 5.82 Å². The third-order valence-corrected chi connectivity index (χ3v) is 2.38. The number of nitrogen functional groups attached to an aromatic ring is 1. The van der Waals surface area contributed by atoms with E-state index >= 15 is 0 Å². The van der Waals surface area contributed by atoms with Gasteiger partial charge >= 0.3 is 0 Å². The van der Waals surface area contributed by atoms with Gasteiger partial charge in [-0.15, -0.1) is 0 Å². The average Bonchev–Trinajstić information content (AvgIpc) is 2.31. The Bertz CT molecular complexity index is 569. The summed E-state index contributed by atoms with van der Waals surface area (Å²) in [5, 5.41) is 2.97. The van der Waals surface area contributed by atoms with Crippen molar-refractivity contribution >= 4 is 17.5 Å². The Morgan fingerprint density at radius 3 is 2.74 bits per heavy atom. The topological polar surface area (TPSA) is 73.1 Å². The van der Waals surface area contributed by atoms with E-state index in [4.69, 9.17) is 10.5 Å². The molecular formula is C13H15FN4O. The Kier molecular flexibility index (Phi) is 3.79. The van der Waals surface area contributed by atoms with E-state index in [1.165, 1.54) is 6.07 Å². The molecule has 0 saturated heterocycles. The van der Waals surface area contributed by atoms with E-state index in [2.05, 4.69) is 15.3 Å². The van der Waals surface area contributed by atoms with Gasteiger partial charge in [-0.25, -0.2) is 9.37 Å². The lowest BCUT2D eigenvalue weighted by Crippen LogP contribution is -2.02. The average molecular weight is 262 g/mol. The van der Waals surface area contributed by atoms with Crippen LogP contribution in [-0.2, 0) is 0 Å². The van der Waals surface area contributed by atoms with Crippen LogP contribution in [0.15, 0.2) is 24.3 Å². The van der Waals surface area contributed by atoms with Crippen LogP contribution in [0.5, 0.6) is 5.75 Å². The molecule has 0 radical (unpaired) electrons. The molecule has 19 heavy (non-hydrogen) atoms.